The Balaban J connectivity index is 2.41. The summed E-state index contributed by atoms with van der Waals surface area (Å²) in [6.07, 6.45) is 1.71. The van der Waals surface area contributed by atoms with Crippen LogP contribution in [0.25, 0.3) is 0 Å². The lowest BCUT2D eigenvalue weighted by molar-refractivity contribution is 0.599. The van der Waals surface area contributed by atoms with E-state index in [0.29, 0.717) is 23.1 Å². The monoisotopic (exact) mass is 309 g/mol. The van der Waals surface area contributed by atoms with Crippen LogP contribution in [0.3, 0.4) is 0 Å². The molecule has 0 aromatic heterocycles. The van der Waals surface area contributed by atoms with E-state index in [1.165, 1.54) is 12.3 Å². The molecular formula is C10H13BrFNO2S. The zero-order valence-corrected chi connectivity index (χ0v) is 11.2. The second-order valence-electron chi connectivity index (χ2n) is 3.54. The van der Waals surface area contributed by atoms with Crippen LogP contribution in [0, 0.1) is 5.82 Å². The predicted octanol–water partition coefficient (Wildman–Crippen LogP) is 2.43. The van der Waals surface area contributed by atoms with Gasteiger partial charge in [-0.1, -0.05) is 0 Å². The van der Waals surface area contributed by atoms with Gasteiger partial charge in [0.05, 0.1) is 10.2 Å². The highest BCUT2D eigenvalue weighted by atomic mass is 79.9. The molecule has 1 aromatic rings. The Morgan fingerprint density at radius 3 is 2.69 bits per heavy atom. The molecular weight excluding hydrogens is 297 g/mol. The molecule has 0 saturated heterocycles. The van der Waals surface area contributed by atoms with Gasteiger partial charge in [0, 0.05) is 18.5 Å². The van der Waals surface area contributed by atoms with E-state index in [9.17, 15) is 12.8 Å². The molecule has 1 aromatic carbocycles. The van der Waals surface area contributed by atoms with Crippen molar-refractivity contribution in [1.82, 2.24) is 0 Å². The first-order valence-corrected chi connectivity index (χ1v) is 7.60. The maximum Gasteiger partial charge on any atom is 0.147 e. The molecule has 0 amide bonds. The smallest absolute Gasteiger partial charge is 0.147 e. The molecule has 0 radical (unpaired) electrons. The van der Waals surface area contributed by atoms with E-state index in [-0.39, 0.29) is 11.6 Å². The molecule has 1 N–H and O–H groups in total. The summed E-state index contributed by atoms with van der Waals surface area (Å²) >= 11 is 3.06. The molecule has 3 nitrogen and oxygen atoms in total. The fourth-order valence-corrected chi connectivity index (χ4v) is 2.09. The van der Waals surface area contributed by atoms with Gasteiger partial charge in [-0.2, -0.15) is 0 Å². The number of nitrogens with one attached hydrogen (secondary N) is 1. The Hall–Kier alpha value is -0.620. The summed E-state index contributed by atoms with van der Waals surface area (Å²) in [7, 11) is -2.92. The minimum Gasteiger partial charge on any atom is -0.385 e. The van der Waals surface area contributed by atoms with Crippen molar-refractivity contribution in [2.45, 2.75) is 6.42 Å². The number of sulfone groups is 1. The standard InChI is InChI=1S/C10H13BrFNO2S/c1-16(14,15)6-2-5-13-8-3-4-9(11)10(12)7-8/h3-4,7,13H,2,5-6H2,1H3. The molecule has 6 heteroatoms. The van der Waals surface area contributed by atoms with E-state index >= 15 is 0 Å². The summed E-state index contributed by atoms with van der Waals surface area (Å²) in [6.45, 7) is 0.508. The molecule has 0 aliphatic carbocycles. The predicted molar refractivity (Wildman–Crippen MR) is 66.9 cm³/mol. The van der Waals surface area contributed by atoms with Crippen LogP contribution in [-0.4, -0.2) is 27.0 Å². The second-order valence-corrected chi connectivity index (χ2v) is 6.65. The summed E-state index contributed by atoms with van der Waals surface area (Å²) in [5.74, 6) is -0.202. The maximum atomic E-state index is 13.1. The number of rotatable bonds is 5. The van der Waals surface area contributed by atoms with Crippen LogP contribution in [0.1, 0.15) is 6.42 Å². The van der Waals surface area contributed by atoms with Crippen LogP contribution in [0.5, 0.6) is 0 Å². The van der Waals surface area contributed by atoms with Crippen LogP contribution in [0.4, 0.5) is 10.1 Å². The summed E-state index contributed by atoms with van der Waals surface area (Å²) in [5.41, 5.74) is 0.647. The van der Waals surface area contributed by atoms with E-state index in [1.54, 1.807) is 12.1 Å². The van der Waals surface area contributed by atoms with Gasteiger partial charge < -0.3 is 5.32 Å². The maximum absolute atomic E-state index is 13.1. The van der Waals surface area contributed by atoms with Crippen molar-refractivity contribution in [3.63, 3.8) is 0 Å². The highest BCUT2D eigenvalue weighted by Gasteiger charge is 2.02. The quantitative estimate of drug-likeness (QED) is 0.850. The van der Waals surface area contributed by atoms with E-state index in [1.807, 2.05) is 0 Å². The van der Waals surface area contributed by atoms with Gasteiger partial charge in [0.15, 0.2) is 0 Å². The van der Waals surface area contributed by atoms with E-state index in [4.69, 9.17) is 0 Å². The van der Waals surface area contributed by atoms with E-state index in [0.717, 1.165) is 0 Å². The SMILES string of the molecule is CS(=O)(=O)CCCNc1ccc(Br)c(F)c1. The molecule has 0 spiro atoms. The van der Waals surface area contributed by atoms with Gasteiger partial charge in [0.25, 0.3) is 0 Å². The molecule has 1 rings (SSSR count). The van der Waals surface area contributed by atoms with Gasteiger partial charge >= 0.3 is 0 Å². The van der Waals surface area contributed by atoms with Gasteiger partial charge in [0.2, 0.25) is 0 Å². The van der Waals surface area contributed by atoms with Crippen molar-refractivity contribution in [3.8, 4) is 0 Å². The number of anilines is 1. The lowest BCUT2D eigenvalue weighted by atomic mass is 10.3. The summed E-state index contributed by atoms with van der Waals surface area (Å²) < 4.78 is 35.2. The molecule has 0 aliphatic heterocycles. The van der Waals surface area contributed by atoms with Crippen LogP contribution >= 0.6 is 15.9 Å². The Kier molecular flexibility index (Phi) is 4.73. The first-order chi connectivity index (χ1) is 7.38. The zero-order valence-electron chi connectivity index (χ0n) is 8.83. The Bertz CT molecular complexity index is 462. The average Bonchev–Trinajstić information content (AvgIpc) is 2.17. The van der Waals surface area contributed by atoms with Crippen LogP contribution in [-0.2, 0) is 9.84 Å². The van der Waals surface area contributed by atoms with Crippen molar-refractivity contribution in [3.05, 3.63) is 28.5 Å². The number of benzene rings is 1. The normalized spacial score (nSPS) is 11.4. The Morgan fingerprint density at radius 1 is 1.44 bits per heavy atom. The van der Waals surface area contributed by atoms with E-state index < -0.39 is 9.84 Å². The fourth-order valence-electron chi connectivity index (χ4n) is 1.17. The van der Waals surface area contributed by atoms with Crippen molar-refractivity contribution < 1.29 is 12.8 Å². The molecule has 0 unspecified atom stereocenters. The van der Waals surface area contributed by atoms with E-state index in [2.05, 4.69) is 21.2 Å². The molecule has 16 heavy (non-hydrogen) atoms. The van der Waals surface area contributed by atoms with Gasteiger partial charge in [-0.05, 0) is 40.5 Å². The minimum absolute atomic E-state index is 0.138. The third kappa shape index (κ3) is 4.94. The van der Waals surface area contributed by atoms with Crippen molar-refractivity contribution >= 4 is 31.5 Å². The highest BCUT2D eigenvalue weighted by Crippen LogP contribution is 2.19. The zero-order chi connectivity index (χ0) is 12.2. The Labute approximate surface area is 103 Å². The average molecular weight is 310 g/mol. The summed E-state index contributed by atoms with van der Waals surface area (Å²) in [5, 5.41) is 2.96. The third-order valence-electron chi connectivity index (χ3n) is 1.94. The molecule has 0 heterocycles. The van der Waals surface area contributed by atoms with Gasteiger partial charge in [-0.25, -0.2) is 12.8 Å². The van der Waals surface area contributed by atoms with Gasteiger partial charge in [-0.15, -0.1) is 0 Å². The lowest BCUT2D eigenvalue weighted by Crippen LogP contribution is -2.09. The molecule has 0 atom stereocenters. The van der Waals surface area contributed by atoms with Gasteiger partial charge in [0.1, 0.15) is 15.7 Å². The van der Waals surface area contributed by atoms with Crippen LogP contribution in [0.15, 0.2) is 22.7 Å². The molecule has 0 aliphatic rings. The second kappa shape index (κ2) is 5.63. The molecule has 90 valence electrons. The number of halogens is 2. The summed E-state index contributed by atoms with van der Waals surface area (Å²) in [6, 6.07) is 4.70. The van der Waals surface area contributed by atoms with Crippen LogP contribution < -0.4 is 5.32 Å². The molecule has 0 bridgehead atoms. The molecule has 0 fully saturated rings. The van der Waals surface area contributed by atoms with Crippen molar-refractivity contribution in [1.29, 1.82) is 0 Å². The Morgan fingerprint density at radius 2 is 2.12 bits per heavy atom. The lowest BCUT2D eigenvalue weighted by Gasteiger charge is -2.06. The molecule has 0 saturated carbocycles. The first kappa shape index (κ1) is 13.4. The fraction of sp³-hybridized carbons (Fsp3) is 0.400. The van der Waals surface area contributed by atoms with Gasteiger partial charge in [-0.3, -0.25) is 0 Å². The topological polar surface area (TPSA) is 46.2 Å². The van der Waals surface area contributed by atoms with Crippen molar-refractivity contribution in [2.75, 3.05) is 23.9 Å². The number of hydrogen-bond donors (Lipinski definition) is 1. The van der Waals surface area contributed by atoms with Crippen LogP contribution in [0.2, 0.25) is 0 Å². The third-order valence-corrected chi connectivity index (χ3v) is 3.61. The highest BCUT2D eigenvalue weighted by molar-refractivity contribution is 9.10. The largest absolute Gasteiger partial charge is 0.385 e. The number of hydrogen-bond acceptors (Lipinski definition) is 3. The summed E-state index contributed by atoms with van der Waals surface area (Å²) in [4.78, 5) is 0. The first-order valence-electron chi connectivity index (χ1n) is 4.75. The minimum atomic E-state index is -2.92. The van der Waals surface area contributed by atoms with Crippen molar-refractivity contribution in [2.24, 2.45) is 0 Å².